The van der Waals surface area contributed by atoms with Crippen molar-refractivity contribution in [3.8, 4) is 0 Å². The summed E-state index contributed by atoms with van der Waals surface area (Å²) in [4.78, 5) is 0. The van der Waals surface area contributed by atoms with E-state index in [4.69, 9.17) is 0 Å². The summed E-state index contributed by atoms with van der Waals surface area (Å²) in [7, 11) is 0. The Hall–Kier alpha value is -0.860. The lowest BCUT2D eigenvalue weighted by Crippen LogP contribution is -2.17. The van der Waals surface area contributed by atoms with E-state index in [2.05, 4.69) is 48.8 Å². The topological polar surface area (TPSA) is 12.0 Å². The van der Waals surface area contributed by atoms with Gasteiger partial charge in [-0.2, -0.15) is 0 Å². The number of rotatable bonds is 4. The van der Waals surface area contributed by atoms with E-state index in [1.807, 2.05) is 11.3 Å². The zero-order valence-corrected chi connectivity index (χ0v) is 11.3. The highest BCUT2D eigenvalue weighted by atomic mass is 32.1. The molecular formula is C15H19NS. The summed E-state index contributed by atoms with van der Waals surface area (Å²) in [6, 6.07) is 8.67. The summed E-state index contributed by atoms with van der Waals surface area (Å²) in [6.45, 7) is 6.90. The third-order valence-corrected chi connectivity index (χ3v) is 5.00. The highest BCUT2D eigenvalue weighted by Gasteiger charge is 2.44. The van der Waals surface area contributed by atoms with E-state index in [0.29, 0.717) is 5.41 Å². The van der Waals surface area contributed by atoms with E-state index in [0.717, 1.165) is 19.0 Å². The Morgan fingerprint density at radius 3 is 2.88 bits per heavy atom. The fourth-order valence-corrected chi connectivity index (χ4v) is 3.44. The van der Waals surface area contributed by atoms with Crippen LogP contribution in [0.1, 0.15) is 25.8 Å². The van der Waals surface area contributed by atoms with Crippen molar-refractivity contribution in [2.45, 2.75) is 26.8 Å². The molecular weight excluding hydrogens is 226 g/mol. The maximum Gasteiger partial charge on any atom is 0.0346 e. The second-order valence-electron chi connectivity index (χ2n) is 5.78. The van der Waals surface area contributed by atoms with Crippen molar-refractivity contribution in [2.75, 3.05) is 6.54 Å². The smallest absolute Gasteiger partial charge is 0.0346 e. The van der Waals surface area contributed by atoms with Gasteiger partial charge in [0, 0.05) is 11.2 Å². The van der Waals surface area contributed by atoms with Gasteiger partial charge in [0.15, 0.2) is 0 Å². The highest BCUT2D eigenvalue weighted by molar-refractivity contribution is 7.17. The molecule has 1 nitrogen and oxygen atoms in total. The molecule has 1 N–H and O–H groups in total. The van der Waals surface area contributed by atoms with E-state index in [1.54, 1.807) is 0 Å². The minimum absolute atomic E-state index is 0.587. The molecule has 1 fully saturated rings. The number of nitrogens with one attached hydrogen (secondary N) is 1. The van der Waals surface area contributed by atoms with Gasteiger partial charge in [0.1, 0.15) is 0 Å². The van der Waals surface area contributed by atoms with E-state index in [1.165, 1.54) is 22.1 Å². The molecule has 1 aliphatic carbocycles. The zero-order valence-electron chi connectivity index (χ0n) is 10.5. The Bertz CT molecular complexity index is 526. The summed E-state index contributed by atoms with van der Waals surface area (Å²) in [5.74, 6) is 0.882. The lowest BCUT2D eigenvalue weighted by Gasteiger charge is -2.05. The van der Waals surface area contributed by atoms with E-state index >= 15 is 0 Å². The molecule has 0 saturated heterocycles. The minimum atomic E-state index is 0.587. The molecule has 0 amide bonds. The van der Waals surface area contributed by atoms with Gasteiger partial charge in [-0.15, -0.1) is 11.3 Å². The van der Waals surface area contributed by atoms with Crippen molar-refractivity contribution in [3.05, 3.63) is 35.2 Å². The zero-order chi connectivity index (χ0) is 11.9. The molecule has 0 aliphatic heterocycles. The first-order chi connectivity index (χ1) is 8.17. The van der Waals surface area contributed by atoms with Crippen LogP contribution >= 0.6 is 11.3 Å². The second kappa shape index (κ2) is 4.11. The van der Waals surface area contributed by atoms with E-state index in [-0.39, 0.29) is 0 Å². The van der Waals surface area contributed by atoms with Crippen LogP contribution in [0.15, 0.2) is 29.6 Å². The van der Waals surface area contributed by atoms with Gasteiger partial charge in [-0.3, -0.25) is 0 Å². The molecule has 0 spiro atoms. The van der Waals surface area contributed by atoms with Crippen LogP contribution in [0.3, 0.4) is 0 Å². The monoisotopic (exact) mass is 245 g/mol. The molecule has 17 heavy (non-hydrogen) atoms. The number of hydrogen-bond acceptors (Lipinski definition) is 2. The second-order valence-corrected chi connectivity index (χ2v) is 6.69. The molecule has 3 rings (SSSR count). The largest absolute Gasteiger partial charge is 0.312 e. The van der Waals surface area contributed by atoms with Gasteiger partial charge in [0.05, 0.1) is 0 Å². The Labute approximate surface area is 107 Å². The first kappa shape index (κ1) is 11.2. The van der Waals surface area contributed by atoms with Gasteiger partial charge in [0.2, 0.25) is 0 Å². The van der Waals surface area contributed by atoms with E-state index in [9.17, 15) is 0 Å². The Morgan fingerprint density at radius 1 is 1.35 bits per heavy atom. The third kappa shape index (κ3) is 2.24. The Kier molecular flexibility index (Phi) is 2.72. The van der Waals surface area contributed by atoms with Crippen LogP contribution in [-0.4, -0.2) is 6.54 Å². The summed E-state index contributed by atoms with van der Waals surface area (Å²) >= 11 is 1.85. The highest BCUT2D eigenvalue weighted by Crippen LogP contribution is 2.51. The first-order valence-electron chi connectivity index (χ1n) is 6.33. The maximum absolute atomic E-state index is 3.60. The van der Waals surface area contributed by atoms with Gasteiger partial charge in [0.25, 0.3) is 0 Å². The standard InChI is InChI=1S/C15H19NS/c1-15(2)7-12(15)9-16-8-11-10-17-14-6-4-3-5-13(11)14/h3-6,10,12,16H,7-9H2,1-2H3. The third-order valence-electron chi connectivity index (χ3n) is 3.98. The van der Waals surface area contributed by atoms with Crippen molar-refractivity contribution < 1.29 is 0 Å². The molecule has 1 aromatic heterocycles. The average molecular weight is 245 g/mol. The van der Waals surface area contributed by atoms with Gasteiger partial charge >= 0.3 is 0 Å². The minimum Gasteiger partial charge on any atom is -0.312 e. The molecule has 2 aromatic rings. The molecule has 90 valence electrons. The SMILES string of the molecule is CC1(C)CC1CNCc1csc2ccccc12. The van der Waals surface area contributed by atoms with E-state index < -0.39 is 0 Å². The normalized spacial score (nSPS) is 21.9. The van der Waals surface area contributed by atoms with Crippen molar-refractivity contribution in [1.82, 2.24) is 5.32 Å². The fourth-order valence-electron chi connectivity index (χ4n) is 2.48. The molecule has 2 heteroatoms. The van der Waals surface area contributed by atoms with Crippen molar-refractivity contribution in [3.63, 3.8) is 0 Å². The lowest BCUT2D eigenvalue weighted by molar-refractivity contribution is 0.520. The maximum atomic E-state index is 3.60. The van der Waals surface area contributed by atoms with Crippen LogP contribution in [-0.2, 0) is 6.54 Å². The van der Waals surface area contributed by atoms with Crippen LogP contribution in [0.25, 0.3) is 10.1 Å². The fraction of sp³-hybridized carbons (Fsp3) is 0.467. The van der Waals surface area contributed by atoms with Gasteiger partial charge in [-0.1, -0.05) is 32.0 Å². The molecule has 0 bridgehead atoms. The lowest BCUT2D eigenvalue weighted by atomic mass is 10.1. The van der Waals surface area contributed by atoms with Gasteiger partial charge in [-0.25, -0.2) is 0 Å². The van der Waals surface area contributed by atoms with Crippen LogP contribution in [0, 0.1) is 11.3 Å². The average Bonchev–Trinajstić information content (AvgIpc) is 2.74. The molecule has 1 unspecified atom stereocenters. The van der Waals surface area contributed by atoms with Crippen LogP contribution in [0.4, 0.5) is 0 Å². The van der Waals surface area contributed by atoms with Crippen LogP contribution in [0.2, 0.25) is 0 Å². The predicted octanol–water partition coefficient (Wildman–Crippen LogP) is 4.04. The number of benzene rings is 1. The number of hydrogen-bond donors (Lipinski definition) is 1. The number of fused-ring (bicyclic) bond motifs is 1. The predicted molar refractivity (Wildman–Crippen MR) is 75.4 cm³/mol. The molecule has 1 aromatic carbocycles. The van der Waals surface area contributed by atoms with Crippen molar-refractivity contribution in [2.24, 2.45) is 11.3 Å². The summed E-state index contributed by atoms with van der Waals surface area (Å²) < 4.78 is 1.40. The Morgan fingerprint density at radius 2 is 2.12 bits per heavy atom. The molecule has 1 aliphatic rings. The number of thiophene rings is 1. The quantitative estimate of drug-likeness (QED) is 0.857. The molecule has 1 atom stereocenters. The summed E-state index contributed by atoms with van der Waals surface area (Å²) in [5, 5.41) is 7.31. The van der Waals surface area contributed by atoms with Crippen LogP contribution < -0.4 is 5.32 Å². The first-order valence-corrected chi connectivity index (χ1v) is 7.20. The van der Waals surface area contributed by atoms with Crippen molar-refractivity contribution >= 4 is 21.4 Å². The Balaban J connectivity index is 1.62. The van der Waals surface area contributed by atoms with Gasteiger partial charge < -0.3 is 5.32 Å². The summed E-state index contributed by atoms with van der Waals surface area (Å²) in [6.07, 6.45) is 1.38. The van der Waals surface area contributed by atoms with Crippen LogP contribution in [0.5, 0.6) is 0 Å². The molecule has 0 radical (unpaired) electrons. The van der Waals surface area contributed by atoms with Gasteiger partial charge in [-0.05, 0) is 46.7 Å². The summed E-state index contributed by atoms with van der Waals surface area (Å²) in [5.41, 5.74) is 2.04. The van der Waals surface area contributed by atoms with Crippen molar-refractivity contribution in [1.29, 1.82) is 0 Å². The molecule has 1 saturated carbocycles. The molecule has 1 heterocycles.